The van der Waals surface area contributed by atoms with Crippen molar-refractivity contribution in [1.82, 2.24) is 5.32 Å². The molecular weight excluding hydrogens is 354 g/mol. The number of carbonyl (C=O) groups is 1. The van der Waals surface area contributed by atoms with E-state index in [1.165, 1.54) is 31.4 Å². The van der Waals surface area contributed by atoms with Crippen molar-refractivity contribution in [3.8, 4) is 11.5 Å². The summed E-state index contributed by atoms with van der Waals surface area (Å²) < 4.78 is 59.2. The molecule has 0 bridgehead atoms. The Bertz CT molecular complexity index is 745. The van der Waals surface area contributed by atoms with Crippen LogP contribution in [-0.2, 0) is 17.8 Å². The van der Waals surface area contributed by atoms with Crippen LogP contribution in [0.2, 0.25) is 0 Å². The van der Waals surface area contributed by atoms with Crippen LogP contribution in [0, 0.1) is 5.82 Å². The van der Waals surface area contributed by atoms with Gasteiger partial charge >= 0.3 is 6.18 Å². The number of nitrogens with one attached hydrogen (secondary N) is 1. The molecule has 0 fully saturated rings. The first kappa shape index (κ1) is 19.6. The van der Waals surface area contributed by atoms with Gasteiger partial charge in [0.25, 0.3) is 0 Å². The minimum atomic E-state index is -4.40. The maximum absolute atomic E-state index is 13.6. The van der Waals surface area contributed by atoms with E-state index in [0.29, 0.717) is 11.1 Å². The van der Waals surface area contributed by atoms with Crippen LogP contribution < -0.4 is 14.8 Å². The Hall–Kier alpha value is -2.77. The summed E-state index contributed by atoms with van der Waals surface area (Å²) in [6.07, 6.45) is -4.40. The summed E-state index contributed by atoms with van der Waals surface area (Å²) in [5.74, 6) is -0.674. The molecule has 8 heteroatoms. The Kier molecular flexibility index (Phi) is 6.43. The van der Waals surface area contributed by atoms with Gasteiger partial charge in [0, 0.05) is 6.54 Å². The number of amides is 1. The minimum Gasteiger partial charge on any atom is -0.494 e. The Morgan fingerprint density at radius 2 is 1.73 bits per heavy atom. The largest absolute Gasteiger partial charge is 0.494 e. The van der Waals surface area contributed by atoms with E-state index in [1.807, 2.05) is 0 Å². The van der Waals surface area contributed by atoms with Gasteiger partial charge in [-0.2, -0.15) is 13.2 Å². The van der Waals surface area contributed by atoms with Crippen molar-refractivity contribution in [2.75, 3.05) is 13.7 Å². The minimum absolute atomic E-state index is 0.00626. The molecule has 0 aromatic heterocycles. The van der Waals surface area contributed by atoms with Gasteiger partial charge in [0.2, 0.25) is 5.91 Å². The fourth-order valence-corrected chi connectivity index (χ4v) is 2.14. The summed E-state index contributed by atoms with van der Waals surface area (Å²) in [6.45, 7) is -1.17. The van der Waals surface area contributed by atoms with E-state index in [4.69, 9.17) is 4.74 Å². The molecule has 1 amide bonds. The smallest absolute Gasteiger partial charge is 0.422 e. The third-order valence-electron chi connectivity index (χ3n) is 3.40. The molecule has 0 heterocycles. The fraction of sp³-hybridized carbons (Fsp3) is 0.278. The highest BCUT2D eigenvalue weighted by Gasteiger charge is 2.28. The summed E-state index contributed by atoms with van der Waals surface area (Å²) in [7, 11) is 1.35. The van der Waals surface area contributed by atoms with Gasteiger partial charge in [-0.1, -0.05) is 18.2 Å². The van der Waals surface area contributed by atoms with Gasteiger partial charge in [-0.25, -0.2) is 4.39 Å². The van der Waals surface area contributed by atoms with E-state index in [9.17, 15) is 22.4 Å². The summed E-state index contributed by atoms with van der Waals surface area (Å²) in [5.41, 5.74) is 1.19. The SMILES string of the molecule is COc1ccc(CC(=O)NCc2ccc(OCC(F)(F)F)cc2)cc1F. The van der Waals surface area contributed by atoms with Crippen molar-refractivity contribution in [1.29, 1.82) is 0 Å². The lowest BCUT2D eigenvalue weighted by atomic mass is 10.1. The number of alkyl halides is 3. The number of benzene rings is 2. The summed E-state index contributed by atoms with van der Waals surface area (Å²) in [4.78, 5) is 11.9. The predicted molar refractivity (Wildman–Crippen MR) is 86.5 cm³/mol. The zero-order valence-corrected chi connectivity index (χ0v) is 13.9. The van der Waals surface area contributed by atoms with Crippen LogP contribution in [0.3, 0.4) is 0 Å². The van der Waals surface area contributed by atoms with E-state index in [2.05, 4.69) is 10.1 Å². The van der Waals surface area contributed by atoms with Crippen molar-refractivity contribution < 1.29 is 31.8 Å². The van der Waals surface area contributed by atoms with Gasteiger partial charge in [0.1, 0.15) is 5.75 Å². The number of hydrogen-bond donors (Lipinski definition) is 1. The molecule has 0 saturated carbocycles. The number of rotatable bonds is 7. The van der Waals surface area contributed by atoms with Crippen molar-refractivity contribution >= 4 is 5.91 Å². The summed E-state index contributed by atoms with van der Waals surface area (Å²) >= 11 is 0. The maximum Gasteiger partial charge on any atom is 0.422 e. The molecule has 140 valence electrons. The highest BCUT2D eigenvalue weighted by atomic mass is 19.4. The van der Waals surface area contributed by atoms with Crippen molar-refractivity contribution in [2.24, 2.45) is 0 Å². The first-order chi connectivity index (χ1) is 12.3. The molecule has 0 aliphatic carbocycles. The maximum atomic E-state index is 13.6. The molecule has 0 aliphatic rings. The predicted octanol–water partition coefficient (Wildman–Crippen LogP) is 3.63. The summed E-state index contributed by atoms with van der Waals surface area (Å²) in [5, 5.41) is 2.66. The second-order valence-electron chi connectivity index (χ2n) is 5.47. The Morgan fingerprint density at radius 1 is 1.08 bits per heavy atom. The molecule has 0 spiro atoms. The standard InChI is InChI=1S/C18H17F4NO3/c1-25-16-7-4-13(8-15(16)19)9-17(24)23-10-12-2-5-14(6-3-12)26-11-18(20,21)22/h2-8H,9-11H2,1H3,(H,23,24). The molecular formula is C18H17F4NO3. The molecule has 1 N–H and O–H groups in total. The first-order valence-electron chi connectivity index (χ1n) is 7.64. The van der Waals surface area contributed by atoms with Gasteiger partial charge in [-0.05, 0) is 35.4 Å². The second-order valence-corrected chi connectivity index (χ2v) is 5.47. The van der Waals surface area contributed by atoms with E-state index in [1.54, 1.807) is 18.2 Å². The molecule has 0 atom stereocenters. The van der Waals surface area contributed by atoms with Crippen LogP contribution in [0.25, 0.3) is 0 Å². The Labute approximate surface area is 147 Å². The van der Waals surface area contributed by atoms with Gasteiger partial charge in [0.15, 0.2) is 18.2 Å². The van der Waals surface area contributed by atoms with E-state index in [0.717, 1.165) is 0 Å². The van der Waals surface area contributed by atoms with Crippen molar-refractivity contribution in [2.45, 2.75) is 19.1 Å². The van der Waals surface area contributed by atoms with Crippen LogP contribution in [0.5, 0.6) is 11.5 Å². The quantitative estimate of drug-likeness (QED) is 0.756. The van der Waals surface area contributed by atoms with Crippen LogP contribution >= 0.6 is 0 Å². The van der Waals surface area contributed by atoms with Gasteiger partial charge in [-0.15, -0.1) is 0 Å². The molecule has 2 rings (SSSR count). The van der Waals surface area contributed by atoms with Gasteiger partial charge in [-0.3, -0.25) is 4.79 Å². The lowest BCUT2D eigenvalue weighted by molar-refractivity contribution is -0.153. The monoisotopic (exact) mass is 371 g/mol. The normalized spacial score (nSPS) is 11.1. The molecule has 0 unspecified atom stereocenters. The molecule has 2 aromatic carbocycles. The van der Waals surface area contributed by atoms with Crippen LogP contribution in [-0.4, -0.2) is 25.8 Å². The number of carbonyl (C=O) groups excluding carboxylic acids is 1. The van der Waals surface area contributed by atoms with Crippen LogP contribution in [0.1, 0.15) is 11.1 Å². The zero-order valence-electron chi connectivity index (χ0n) is 13.9. The topological polar surface area (TPSA) is 47.6 Å². The first-order valence-corrected chi connectivity index (χ1v) is 7.64. The number of halogens is 4. The molecule has 0 radical (unpaired) electrons. The Balaban J connectivity index is 1.82. The summed E-state index contributed by atoms with van der Waals surface area (Å²) in [6, 6.07) is 10.2. The lowest BCUT2D eigenvalue weighted by Gasteiger charge is -2.10. The Morgan fingerprint density at radius 3 is 2.31 bits per heavy atom. The lowest BCUT2D eigenvalue weighted by Crippen LogP contribution is -2.24. The van der Waals surface area contributed by atoms with Gasteiger partial charge < -0.3 is 14.8 Å². The third-order valence-corrected chi connectivity index (χ3v) is 3.40. The second kappa shape index (κ2) is 8.55. The number of ether oxygens (including phenoxy) is 2. The van der Waals surface area contributed by atoms with Crippen molar-refractivity contribution in [3.05, 3.63) is 59.4 Å². The molecule has 0 aliphatic heterocycles. The van der Waals surface area contributed by atoms with E-state index < -0.39 is 18.6 Å². The zero-order chi connectivity index (χ0) is 19.2. The molecule has 2 aromatic rings. The third kappa shape index (κ3) is 6.27. The molecule has 4 nitrogen and oxygen atoms in total. The molecule has 0 saturated heterocycles. The average Bonchev–Trinajstić information content (AvgIpc) is 2.58. The fourth-order valence-electron chi connectivity index (χ4n) is 2.14. The average molecular weight is 371 g/mol. The number of methoxy groups -OCH3 is 1. The van der Waals surface area contributed by atoms with Crippen LogP contribution in [0.4, 0.5) is 17.6 Å². The van der Waals surface area contributed by atoms with E-state index in [-0.39, 0.29) is 30.4 Å². The number of hydrogen-bond acceptors (Lipinski definition) is 3. The van der Waals surface area contributed by atoms with E-state index >= 15 is 0 Å². The van der Waals surface area contributed by atoms with Crippen molar-refractivity contribution in [3.63, 3.8) is 0 Å². The molecule has 26 heavy (non-hydrogen) atoms. The van der Waals surface area contributed by atoms with Gasteiger partial charge in [0.05, 0.1) is 13.5 Å². The van der Waals surface area contributed by atoms with Crippen LogP contribution in [0.15, 0.2) is 42.5 Å². The highest BCUT2D eigenvalue weighted by Crippen LogP contribution is 2.19. The highest BCUT2D eigenvalue weighted by molar-refractivity contribution is 5.78.